The van der Waals surface area contributed by atoms with Gasteiger partial charge in [0.25, 0.3) is 0 Å². The fourth-order valence-corrected chi connectivity index (χ4v) is 3.07. The van der Waals surface area contributed by atoms with Gasteiger partial charge in [-0.1, -0.05) is 42.5 Å². The van der Waals surface area contributed by atoms with Crippen LogP contribution in [0.2, 0.25) is 0 Å². The van der Waals surface area contributed by atoms with Crippen molar-refractivity contribution in [3.63, 3.8) is 0 Å². The van der Waals surface area contributed by atoms with E-state index in [4.69, 9.17) is 0 Å². The van der Waals surface area contributed by atoms with Crippen molar-refractivity contribution >= 4 is 28.1 Å². The fourth-order valence-electron chi connectivity index (χ4n) is 2.33. The second-order valence-corrected chi connectivity index (χ2v) is 6.32. The third-order valence-electron chi connectivity index (χ3n) is 3.57. The quantitative estimate of drug-likeness (QED) is 0.707. The Kier molecular flexibility index (Phi) is 5.23. The molecule has 0 bridgehead atoms. The second kappa shape index (κ2) is 7.75. The van der Waals surface area contributed by atoms with E-state index < -0.39 is 0 Å². The van der Waals surface area contributed by atoms with E-state index in [-0.39, 0.29) is 5.91 Å². The minimum atomic E-state index is 0.00698. The SMILES string of the molecule is CC(=O)NCCc1ccc(-c2csc(Nc3ccccc3)n2)cc1. The molecule has 0 unspecified atom stereocenters. The smallest absolute Gasteiger partial charge is 0.216 e. The lowest BCUT2D eigenvalue weighted by Crippen LogP contribution is -2.22. The minimum absolute atomic E-state index is 0.00698. The molecule has 3 rings (SSSR count). The van der Waals surface area contributed by atoms with Gasteiger partial charge in [-0.2, -0.15) is 0 Å². The standard InChI is InChI=1S/C19H19N3OS/c1-14(23)20-12-11-15-7-9-16(10-8-15)18-13-24-19(22-18)21-17-5-3-2-4-6-17/h2-10,13H,11-12H2,1H3,(H,20,23)(H,21,22). The maximum Gasteiger partial charge on any atom is 0.216 e. The summed E-state index contributed by atoms with van der Waals surface area (Å²) in [5.41, 5.74) is 4.29. The van der Waals surface area contributed by atoms with Crippen LogP contribution in [0.5, 0.6) is 0 Å². The van der Waals surface area contributed by atoms with E-state index >= 15 is 0 Å². The third kappa shape index (κ3) is 4.43. The van der Waals surface area contributed by atoms with E-state index in [0.717, 1.165) is 28.5 Å². The van der Waals surface area contributed by atoms with E-state index in [1.165, 1.54) is 12.5 Å². The Bertz CT molecular complexity index is 797. The summed E-state index contributed by atoms with van der Waals surface area (Å²) in [7, 11) is 0. The summed E-state index contributed by atoms with van der Waals surface area (Å²) >= 11 is 1.59. The van der Waals surface area contributed by atoms with Crippen LogP contribution in [0.4, 0.5) is 10.8 Å². The molecule has 0 saturated carbocycles. The summed E-state index contributed by atoms with van der Waals surface area (Å²) in [6, 6.07) is 18.3. The van der Waals surface area contributed by atoms with Gasteiger partial charge in [0.05, 0.1) is 5.69 Å². The molecule has 1 aromatic heterocycles. The molecule has 2 aromatic carbocycles. The molecule has 122 valence electrons. The zero-order valence-corrected chi connectivity index (χ0v) is 14.3. The number of nitrogens with one attached hydrogen (secondary N) is 2. The summed E-state index contributed by atoms with van der Waals surface area (Å²) < 4.78 is 0. The van der Waals surface area contributed by atoms with Crippen molar-refractivity contribution in [1.82, 2.24) is 10.3 Å². The number of carbonyl (C=O) groups is 1. The highest BCUT2D eigenvalue weighted by Crippen LogP contribution is 2.27. The van der Waals surface area contributed by atoms with Gasteiger partial charge in [0.2, 0.25) is 5.91 Å². The first-order valence-corrected chi connectivity index (χ1v) is 8.70. The number of para-hydroxylation sites is 1. The predicted octanol–water partition coefficient (Wildman–Crippen LogP) is 4.23. The van der Waals surface area contributed by atoms with Crippen LogP contribution in [-0.4, -0.2) is 17.4 Å². The molecule has 0 atom stereocenters. The summed E-state index contributed by atoms with van der Waals surface area (Å²) in [5.74, 6) is 0.00698. The lowest BCUT2D eigenvalue weighted by molar-refractivity contribution is -0.118. The lowest BCUT2D eigenvalue weighted by Gasteiger charge is -2.04. The first kappa shape index (κ1) is 16.2. The van der Waals surface area contributed by atoms with E-state index in [9.17, 15) is 4.79 Å². The number of hydrogen-bond acceptors (Lipinski definition) is 4. The summed E-state index contributed by atoms with van der Waals surface area (Å²) in [6.45, 7) is 2.20. The van der Waals surface area contributed by atoms with Crippen LogP contribution in [0.25, 0.3) is 11.3 Å². The van der Waals surface area contributed by atoms with Gasteiger partial charge < -0.3 is 10.6 Å². The summed E-state index contributed by atoms with van der Waals surface area (Å²) in [4.78, 5) is 15.5. The van der Waals surface area contributed by atoms with Gasteiger partial charge in [0.1, 0.15) is 0 Å². The van der Waals surface area contributed by atoms with Crippen LogP contribution in [0.3, 0.4) is 0 Å². The van der Waals surface area contributed by atoms with Gasteiger partial charge in [0.15, 0.2) is 5.13 Å². The zero-order chi connectivity index (χ0) is 16.8. The first-order chi connectivity index (χ1) is 11.7. The largest absolute Gasteiger partial charge is 0.356 e. The van der Waals surface area contributed by atoms with Crippen molar-refractivity contribution in [1.29, 1.82) is 0 Å². The topological polar surface area (TPSA) is 54.0 Å². The maximum absolute atomic E-state index is 10.9. The predicted molar refractivity (Wildman–Crippen MR) is 99.7 cm³/mol. The average molecular weight is 337 g/mol. The number of benzene rings is 2. The van der Waals surface area contributed by atoms with Crippen LogP contribution in [0.1, 0.15) is 12.5 Å². The fraction of sp³-hybridized carbons (Fsp3) is 0.158. The number of hydrogen-bond donors (Lipinski definition) is 2. The Morgan fingerprint density at radius 3 is 2.54 bits per heavy atom. The van der Waals surface area contributed by atoms with Crippen LogP contribution >= 0.6 is 11.3 Å². The van der Waals surface area contributed by atoms with E-state index in [0.29, 0.717) is 6.54 Å². The van der Waals surface area contributed by atoms with Gasteiger partial charge in [0, 0.05) is 30.1 Å². The number of anilines is 2. The van der Waals surface area contributed by atoms with Crippen molar-refractivity contribution in [2.75, 3.05) is 11.9 Å². The number of nitrogens with zero attached hydrogens (tertiary/aromatic N) is 1. The van der Waals surface area contributed by atoms with Crippen molar-refractivity contribution in [2.24, 2.45) is 0 Å². The highest BCUT2D eigenvalue weighted by Gasteiger charge is 2.05. The van der Waals surface area contributed by atoms with Crippen LogP contribution in [0.15, 0.2) is 60.0 Å². The lowest BCUT2D eigenvalue weighted by atomic mass is 10.1. The number of amides is 1. The first-order valence-electron chi connectivity index (χ1n) is 7.82. The van der Waals surface area contributed by atoms with Gasteiger partial charge >= 0.3 is 0 Å². The molecule has 0 aliphatic carbocycles. The number of carbonyl (C=O) groups excluding carboxylic acids is 1. The molecule has 5 heteroatoms. The van der Waals surface area contributed by atoms with Crippen molar-refractivity contribution < 1.29 is 4.79 Å². The third-order valence-corrected chi connectivity index (χ3v) is 4.32. The molecular weight excluding hydrogens is 318 g/mol. The number of thiazole rings is 1. The summed E-state index contributed by atoms with van der Waals surface area (Å²) in [6.07, 6.45) is 0.831. The van der Waals surface area contributed by atoms with E-state index in [1.807, 2.05) is 30.3 Å². The molecule has 0 aliphatic heterocycles. The normalized spacial score (nSPS) is 10.4. The Morgan fingerprint density at radius 1 is 1.08 bits per heavy atom. The number of aromatic nitrogens is 1. The van der Waals surface area contributed by atoms with Crippen molar-refractivity contribution in [3.8, 4) is 11.3 Å². The van der Waals surface area contributed by atoms with Crippen molar-refractivity contribution in [2.45, 2.75) is 13.3 Å². The maximum atomic E-state index is 10.9. The van der Waals surface area contributed by atoms with Crippen LogP contribution < -0.4 is 10.6 Å². The highest BCUT2D eigenvalue weighted by atomic mass is 32.1. The average Bonchev–Trinajstić information content (AvgIpc) is 3.04. The second-order valence-electron chi connectivity index (χ2n) is 5.46. The molecule has 24 heavy (non-hydrogen) atoms. The molecule has 0 fully saturated rings. The molecule has 3 aromatic rings. The minimum Gasteiger partial charge on any atom is -0.356 e. The molecule has 0 aliphatic rings. The van der Waals surface area contributed by atoms with Crippen LogP contribution in [0, 0.1) is 0 Å². The molecule has 0 spiro atoms. The highest BCUT2D eigenvalue weighted by molar-refractivity contribution is 7.14. The Balaban J connectivity index is 1.63. The Labute approximate surface area is 145 Å². The van der Waals surface area contributed by atoms with Crippen LogP contribution in [-0.2, 0) is 11.2 Å². The molecule has 0 saturated heterocycles. The molecule has 2 N–H and O–H groups in total. The molecule has 1 heterocycles. The summed E-state index contributed by atoms with van der Waals surface area (Å²) in [5, 5.41) is 9.05. The Morgan fingerprint density at radius 2 is 1.83 bits per heavy atom. The molecule has 4 nitrogen and oxygen atoms in total. The molecule has 1 amide bonds. The monoisotopic (exact) mass is 337 g/mol. The van der Waals surface area contributed by atoms with Crippen molar-refractivity contribution in [3.05, 3.63) is 65.5 Å². The zero-order valence-electron chi connectivity index (χ0n) is 13.5. The Hall–Kier alpha value is -2.66. The number of rotatable bonds is 6. The van der Waals surface area contributed by atoms with Gasteiger partial charge in [-0.25, -0.2) is 4.98 Å². The van der Waals surface area contributed by atoms with E-state index in [2.05, 4.69) is 45.3 Å². The molecular formula is C19H19N3OS. The molecule has 0 radical (unpaired) electrons. The van der Waals surface area contributed by atoms with Gasteiger partial charge in [-0.3, -0.25) is 4.79 Å². The van der Waals surface area contributed by atoms with E-state index in [1.54, 1.807) is 11.3 Å². The van der Waals surface area contributed by atoms with Gasteiger partial charge in [-0.15, -0.1) is 11.3 Å². The van der Waals surface area contributed by atoms with Gasteiger partial charge in [-0.05, 0) is 24.1 Å².